The van der Waals surface area contributed by atoms with Crippen LogP contribution < -0.4 is 5.73 Å². The van der Waals surface area contributed by atoms with Gasteiger partial charge in [-0.05, 0) is 72.8 Å². The van der Waals surface area contributed by atoms with Gasteiger partial charge in [0.25, 0.3) is 0 Å². The Morgan fingerprint density at radius 3 is 1.96 bits per heavy atom. The van der Waals surface area contributed by atoms with E-state index >= 15 is 0 Å². The second kappa shape index (κ2) is 10.5. The molecule has 2 aromatic carbocycles. The Bertz CT molecular complexity index is 648. The van der Waals surface area contributed by atoms with Crippen LogP contribution in [0.5, 0.6) is 0 Å². The van der Waals surface area contributed by atoms with Crippen LogP contribution >= 0.6 is 0 Å². The van der Waals surface area contributed by atoms with Crippen LogP contribution in [0.2, 0.25) is 0 Å². The smallest absolute Gasteiger partial charge is 0.0314 e. The summed E-state index contributed by atoms with van der Waals surface area (Å²) < 4.78 is 0. The lowest BCUT2D eigenvalue weighted by Gasteiger charge is -2.29. The molecule has 0 aliphatic heterocycles. The lowest BCUT2D eigenvalue weighted by atomic mass is 9.77. The van der Waals surface area contributed by atoms with Crippen molar-refractivity contribution in [1.29, 1.82) is 0 Å². The summed E-state index contributed by atoms with van der Waals surface area (Å²) in [5, 5.41) is 0. The Morgan fingerprint density at radius 2 is 1.33 bits per heavy atom. The molecule has 3 rings (SSSR count). The molecule has 0 heterocycles. The van der Waals surface area contributed by atoms with Crippen molar-refractivity contribution in [1.82, 2.24) is 0 Å². The van der Waals surface area contributed by atoms with Gasteiger partial charge in [-0.2, -0.15) is 0 Å². The van der Waals surface area contributed by atoms with Crippen LogP contribution in [-0.4, -0.2) is 0 Å². The summed E-state index contributed by atoms with van der Waals surface area (Å²) in [6.45, 7) is 2.30. The number of unbranched alkanes of at least 4 members (excludes halogenated alkanes) is 4. The molecule has 0 spiro atoms. The topological polar surface area (TPSA) is 26.0 Å². The highest BCUT2D eigenvalue weighted by molar-refractivity contribution is 5.40. The average Bonchev–Trinajstić information content (AvgIpc) is 2.71. The molecule has 1 heteroatoms. The van der Waals surface area contributed by atoms with Crippen molar-refractivity contribution in [3.8, 4) is 0 Å². The van der Waals surface area contributed by atoms with E-state index in [9.17, 15) is 0 Å². The second-order valence-electron chi connectivity index (χ2n) is 8.58. The molecule has 1 aliphatic rings. The molecule has 2 N–H and O–H groups in total. The van der Waals surface area contributed by atoms with Crippen molar-refractivity contribution in [2.75, 3.05) is 5.73 Å². The maximum Gasteiger partial charge on any atom is 0.0314 e. The van der Waals surface area contributed by atoms with Crippen molar-refractivity contribution >= 4 is 5.69 Å². The van der Waals surface area contributed by atoms with Crippen molar-refractivity contribution < 1.29 is 0 Å². The Kier molecular flexibility index (Phi) is 7.80. The first-order chi connectivity index (χ1) is 13.2. The van der Waals surface area contributed by atoms with Gasteiger partial charge in [0.15, 0.2) is 0 Å². The van der Waals surface area contributed by atoms with Crippen LogP contribution in [-0.2, 0) is 6.42 Å². The molecule has 2 aromatic rings. The van der Waals surface area contributed by atoms with Crippen LogP contribution in [0.1, 0.15) is 93.7 Å². The Balaban J connectivity index is 1.42. The van der Waals surface area contributed by atoms with Crippen molar-refractivity contribution in [2.45, 2.75) is 83.5 Å². The summed E-state index contributed by atoms with van der Waals surface area (Å²) in [6, 6.07) is 17.7. The lowest BCUT2D eigenvalue weighted by molar-refractivity contribution is 0.302. The number of anilines is 1. The summed E-state index contributed by atoms with van der Waals surface area (Å²) in [6.07, 6.45) is 15.2. The fourth-order valence-electron chi connectivity index (χ4n) is 4.60. The van der Waals surface area contributed by atoms with Gasteiger partial charge in [0.1, 0.15) is 0 Å². The average molecular weight is 364 g/mol. The number of rotatable bonds is 9. The van der Waals surface area contributed by atoms with E-state index in [-0.39, 0.29) is 0 Å². The summed E-state index contributed by atoms with van der Waals surface area (Å²) in [5.74, 6) is 1.78. The standard InChI is InChI=1S/C26H37N/c1-2-3-4-5-6-7-21-8-14-24(15-9-21)25-16-10-22(11-17-25)20-23-12-18-26(27)19-13-23/h10-13,16-19,21,24H,2-9,14-15,20,27H2,1H3. The maximum absolute atomic E-state index is 5.78. The number of hydrogen-bond acceptors (Lipinski definition) is 1. The summed E-state index contributed by atoms with van der Waals surface area (Å²) >= 11 is 0. The zero-order chi connectivity index (χ0) is 18.9. The monoisotopic (exact) mass is 363 g/mol. The molecule has 0 aromatic heterocycles. The van der Waals surface area contributed by atoms with E-state index in [2.05, 4.69) is 43.3 Å². The normalized spacial score (nSPS) is 19.9. The number of nitrogen functional groups attached to an aromatic ring is 1. The van der Waals surface area contributed by atoms with Gasteiger partial charge < -0.3 is 5.73 Å². The quantitative estimate of drug-likeness (QED) is 0.362. The van der Waals surface area contributed by atoms with E-state index in [1.54, 1.807) is 5.56 Å². The lowest BCUT2D eigenvalue weighted by Crippen LogP contribution is -2.13. The molecule has 27 heavy (non-hydrogen) atoms. The van der Waals surface area contributed by atoms with E-state index in [1.807, 2.05) is 12.1 Å². The van der Waals surface area contributed by atoms with Crippen LogP contribution in [0.25, 0.3) is 0 Å². The van der Waals surface area contributed by atoms with Gasteiger partial charge in [0.2, 0.25) is 0 Å². The van der Waals surface area contributed by atoms with Gasteiger partial charge in [-0.25, -0.2) is 0 Å². The van der Waals surface area contributed by atoms with E-state index in [0.29, 0.717) is 0 Å². The van der Waals surface area contributed by atoms with E-state index < -0.39 is 0 Å². The predicted octanol–water partition coefficient (Wildman–Crippen LogP) is 7.49. The van der Waals surface area contributed by atoms with Gasteiger partial charge >= 0.3 is 0 Å². The minimum atomic E-state index is 0.784. The summed E-state index contributed by atoms with van der Waals surface area (Å²) in [7, 11) is 0. The molecule has 0 unspecified atom stereocenters. The molecule has 0 bridgehead atoms. The number of nitrogens with two attached hydrogens (primary N) is 1. The third-order valence-electron chi connectivity index (χ3n) is 6.40. The zero-order valence-corrected chi connectivity index (χ0v) is 17.1. The highest BCUT2D eigenvalue weighted by Gasteiger charge is 2.21. The zero-order valence-electron chi connectivity index (χ0n) is 17.1. The third-order valence-corrected chi connectivity index (χ3v) is 6.40. The number of benzene rings is 2. The minimum absolute atomic E-state index is 0.784. The molecule has 146 valence electrons. The summed E-state index contributed by atoms with van der Waals surface area (Å²) in [5.41, 5.74) is 10.9. The van der Waals surface area contributed by atoms with Crippen molar-refractivity contribution in [3.63, 3.8) is 0 Å². The molecular formula is C26H37N. The van der Waals surface area contributed by atoms with E-state index in [0.717, 1.165) is 23.9 Å². The van der Waals surface area contributed by atoms with Gasteiger partial charge in [-0.15, -0.1) is 0 Å². The highest BCUT2D eigenvalue weighted by atomic mass is 14.5. The van der Waals surface area contributed by atoms with Crippen LogP contribution in [0.3, 0.4) is 0 Å². The molecule has 0 saturated heterocycles. The van der Waals surface area contributed by atoms with Crippen LogP contribution in [0, 0.1) is 5.92 Å². The fraction of sp³-hybridized carbons (Fsp3) is 0.538. The first kappa shape index (κ1) is 20.0. The highest BCUT2D eigenvalue weighted by Crippen LogP contribution is 2.37. The molecule has 0 atom stereocenters. The predicted molar refractivity (Wildman–Crippen MR) is 118 cm³/mol. The molecule has 1 aliphatic carbocycles. The number of hydrogen-bond donors (Lipinski definition) is 1. The van der Waals surface area contributed by atoms with Gasteiger partial charge in [0.05, 0.1) is 0 Å². The minimum Gasteiger partial charge on any atom is -0.399 e. The van der Waals surface area contributed by atoms with Crippen LogP contribution in [0.15, 0.2) is 48.5 Å². The van der Waals surface area contributed by atoms with Gasteiger partial charge in [-0.3, -0.25) is 0 Å². The SMILES string of the molecule is CCCCCCCC1CCC(c2ccc(Cc3ccc(N)cc3)cc2)CC1. The first-order valence-corrected chi connectivity index (χ1v) is 11.2. The van der Waals surface area contributed by atoms with E-state index in [1.165, 1.54) is 75.3 Å². The van der Waals surface area contributed by atoms with Crippen LogP contribution in [0.4, 0.5) is 5.69 Å². The molecular weight excluding hydrogens is 326 g/mol. The third kappa shape index (κ3) is 6.41. The van der Waals surface area contributed by atoms with Gasteiger partial charge in [0, 0.05) is 5.69 Å². The first-order valence-electron chi connectivity index (χ1n) is 11.2. The fourth-order valence-corrected chi connectivity index (χ4v) is 4.60. The maximum atomic E-state index is 5.78. The Labute approximate surface area is 166 Å². The second-order valence-corrected chi connectivity index (χ2v) is 8.58. The summed E-state index contributed by atoms with van der Waals surface area (Å²) in [4.78, 5) is 0. The molecule has 1 nitrogen and oxygen atoms in total. The molecule has 1 saturated carbocycles. The van der Waals surface area contributed by atoms with Crippen molar-refractivity contribution in [3.05, 3.63) is 65.2 Å². The molecule has 1 fully saturated rings. The molecule has 0 radical (unpaired) electrons. The van der Waals surface area contributed by atoms with Gasteiger partial charge in [-0.1, -0.05) is 81.8 Å². The van der Waals surface area contributed by atoms with Crippen molar-refractivity contribution in [2.24, 2.45) is 5.92 Å². The Morgan fingerprint density at radius 1 is 0.741 bits per heavy atom. The van der Waals surface area contributed by atoms with E-state index in [4.69, 9.17) is 5.73 Å². The Hall–Kier alpha value is -1.76. The largest absolute Gasteiger partial charge is 0.399 e. The molecule has 0 amide bonds.